The van der Waals surface area contributed by atoms with Gasteiger partial charge in [-0.25, -0.2) is 0 Å². The van der Waals surface area contributed by atoms with E-state index in [1.165, 1.54) is 36.8 Å². The molecule has 1 nitrogen and oxygen atoms in total. The topological polar surface area (TPSA) is 12.0 Å². The summed E-state index contributed by atoms with van der Waals surface area (Å²) in [4.78, 5) is 0. The summed E-state index contributed by atoms with van der Waals surface area (Å²) < 4.78 is 0. The van der Waals surface area contributed by atoms with Crippen LogP contribution >= 0.6 is 0 Å². The van der Waals surface area contributed by atoms with E-state index in [1.54, 1.807) is 0 Å². The van der Waals surface area contributed by atoms with Crippen LogP contribution in [0.5, 0.6) is 0 Å². The molecule has 0 radical (unpaired) electrons. The summed E-state index contributed by atoms with van der Waals surface area (Å²) in [5, 5.41) is 3.66. The maximum Gasteiger partial charge on any atom is 0.00684 e. The highest BCUT2D eigenvalue weighted by Crippen LogP contribution is 2.24. The van der Waals surface area contributed by atoms with Crippen molar-refractivity contribution in [3.63, 3.8) is 0 Å². The van der Waals surface area contributed by atoms with E-state index in [-0.39, 0.29) is 0 Å². The molecule has 1 N–H and O–H groups in total. The zero-order valence-corrected chi connectivity index (χ0v) is 10.5. The number of nitrogens with one attached hydrogen (secondary N) is 1. The Morgan fingerprint density at radius 2 is 2.19 bits per heavy atom. The summed E-state index contributed by atoms with van der Waals surface area (Å²) in [6.07, 6.45) is 5.33. The summed E-state index contributed by atoms with van der Waals surface area (Å²) in [7, 11) is 0. The minimum atomic E-state index is 0.700. The largest absolute Gasteiger partial charge is 0.313 e. The Morgan fingerprint density at radius 3 is 2.81 bits per heavy atom. The molecule has 1 atom stereocenters. The van der Waals surface area contributed by atoms with Crippen molar-refractivity contribution in [3.05, 3.63) is 35.4 Å². The molecule has 0 spiro atoms. The van der Waals surface area contributed by atoms with Crippen LogP contribution in [0.3, 0.4) is 0 Å². The highest BCUT2D eigenvalue weighted by molar-refractivity contribution is 5.25. The summed E-state index contributed by atoms with van der Waals surface area (Å²) in [5.41, 5.74) is 2.89. The quantitative estimate of drug-likeness (QED) is 0.767. The first-order valence-electron chi connectivity index (χ1n) is 6.59. The lowest BCUT2D eigenvalue weighted by atomic mass is 9.93. The Labute approximate surface area is 99.3 Å². The van der Waals surface area contributed by atoms with E-state index in [2.05, 4.69) is 43.4 Å². The van der Waals surface area contributed by atoms with Crippen molar-refractivity contribution in [1.29, 1.82) is 0 Å². The molecule has 1 unspecified atom stereocenters. The molecule has 0 bridgehead atoms. The van der Waals surface area contributed by atoms with Gasteiger partial charge in [-0.15, -0.1) is 0 Å². The molecule has 0 heterocycles. The SMILES string of the molecule is CCCC(CNC1CC1)c1cccc(C)c1. The van der Waals surface area contributed by atoms with E-state index >= 15 is 0 Å². The molecular formula is C15H23N. The zero-order valence-electron chi connectivity index (χ0n) is 10.5. The molecule has 1 aliphatic carbocycles. The fourth-order valence-electron chi connectivity index (χ4n) is 2.26. The van der Waals surface area contributed by atoms with Gasteiger partial charge in [-0.05, 0) is 37.7 Å². The molecule has 0 aliphatic heterocycles. The van der Waals surface area contributed by atoms with Gasteiger partial charge in [0, 0.05) is 12.6 Å². The van der Waals surface area contributed by atoms with E-state index < -0.39 is 0 Å². The lowest BCUT2D eigenvalue weighted by molar-refractivity contribution is 0.542. The standard InChI is InChI=1S/C15H23N/c1-3-5-14(11-16-15-8-9-15)13-7-4-6-12(2)10-13/h4,6-7,10,14-16H,3,5,8-9,11H2,1-2H3. The van der Waals surface area contributed by atoms with Crippen molar-refractivity contribution in [1.82, 2.24) is 5.32 Å². The molecule has 0 saturated heterocycles. The van der Waals surface area contributed by atoms with Crippen LogP contribution in [0.1, 0.15) is 49.7 Å². The first-order chi connectivity index (χ1) is 7.79. The maximum absolute atomic E-state index is 3.66. The molecule has 0 amide bonds. The van der Waals surface area contributed by atoms with Crippen molar-refractivity contribution < 1.29 is 0 Å². The monoisotopic (exact) mass is 217 g/mol. The van der Waals surface area contributed by atoms with Gasteiger partial charge in [0.25, 0.3) is 0 Å². The highest BCUT2D eigenvalue weighted by Gasteiger charge is 2.22. The maximum atomic E-state index is 3.66. The molecule has 2 rings (SSSR count). The first kappa shape index (κ1) is 11.7. The summed E-state index contributed by atoms with van der Waals surface area (Å²) >= 11 is 0. The predicted octanol–water partition coefficient (Wildman–Crippen LogP) is 3.63. The molecule has 1 saturated carbocycles. The van der Waals surface area contributed by atoms with Crippen LogP contribution in [-0.2, 0) is 0 Å². The van der Waals surface area contributed by atoms with Gasteiger partial charge < -0.3 is 5.32 Å². The molecule has 1 fully saturated rings. The molecule has 16 heavy (non-hydrogen) atoms. The van der Waals surface area contributed by atoms with Crippen molar-refractivity contribution in [2.45, 2.75) is 51.5 Å². The van der Waals surface area contributed by atoms with E-state index in [9.17, 15) is 0 Å². The van der Waals surface area contributed by atoms with Gasteiger partial charge >= 0.3 is 0 Å². The lowest BCUT2D eigenvalue weighted by Crippen LogP contribution is -2.23. The van der Waals surface area contributed by atoms with Gasteiger partial charge in [-0.3, -0.25) is 0 Å². The Morgan fingerprint density at radius 1 is 1.38 bits per heavy atom. The van der Waals surface area contributed by atoms with Crippen LogP contribution in [0.4, 0.5) is 0 Å². The Hall–Kier alpha value is -0.820. The number of aryl methyl sites for hydroxylation is 1. The van der Waals surface area contributed by atoms with E-state index in [0.717, 1.165) is 12.6 Å². The normalized spacial score (nSPS) is 17.4. The van der Waals surface area contributed by atoms with Crippen molar-refractivity contribution >= 4 is 0 Å². The second-order valence-corrected chi connectivity index (χ2v) is 5.08. The van der Waals surface area contributed by atoms with Gasteiger partial charge in [0.15, 0.2) is 0 Å². The number of hydrogen-bond donors (Lipinski definition) is 1. The zero-order chi connectivity index (χ0) is 11.4. The first-order valence-corrected chi connectivity index (χ1v) is 6.59. The summed E-state index contributed by atoms with van der Waals surface area (Å²) in [5.74, 6) is 0.700. The predicted molar refractivity (Wildman–Crippen MR) is 69.9 cm³/mol. The molecule has 1 heteroatoms. The van der Waals surface area contributed by atoms with Gasteiger partial charge in [0.2, 0.25) is 0 Å². The van der Waals surface area contributed by atoms with E-state index in [1.807, 2.05) is 0 Å². The van der Waals surface area contributed by atoms with Crippen LogP contribution in [0.25, 0.3) is 0 Å². The van der Waals surface area contributed by atoms with Crippen LogP contribution < -0.4 is 5.32 Å². The Bertz CT molecular complexity index is 328. The second kappa shape index (κ2) is 5.49. The minimum absolute atomic E-state index is 0.700. The number of hydrogen-bond acceptors (Lipinski definition) is 1. The third-order valence-electron chi connectivity index (χ3n) is 3.38. The van der Waals surface area contributed by atoms with Gasteiger partial charge in [-0.2, -0.15) is 0 Å². The van der Waals surface area contributed by atoms with Gasteiger partial charge in [0.1, 0.15) is 0 Å². The van der Waals surface area contributed by atoms with Crippen LogP contribution in [0.15, 0.2) is 24.3 Å². The van der Waals surface area contributed by atoms with Crippen LogP contribution in [-0.4, -0.2) is 12.6 Å². The molecule has 1 aliphatic rings. The summed E-state index contributed by atoms with van der Waals surface area (Å²) in [6, 6.07) is 9.81. The van der Waals surface area contributed by atoms with Crippen molar-refractivity contribution in [2.24, 2.45) is 0 Å². The number of rotatable bonds is 6. The summed E-state index contributed by atoms with van der Waals surface area (Å²) in [6.45, 7) is 5.61. The van der Waals surface area contributed by atoms with E-state index in [4.69, 9.17) is 0 Å². The molecule has 88 valence electrons. The van der Waals surface area contributed by atoms with Crippen LogP contribution in [0, 0.1) is 6.92 Å². The Kier molecular flexibility index (Phi) is 4.00. The molecule has 0 aromatic heterocycles. The van der Waals surface area contributed by atoms with Gasteiger partial charge in [0.05, 0.1) is 0 Å². The number of benzene rings is 1. The lowest BCUT2D eigenvalue weighted by Gasteiger charge is -2.17. The average Bonchev–Trinajstić information content (AvgIpc) is 3.08. The fourth-order valence-corrected chi connectivity index (χ4v) is 2.26. The van der Waals surface area contributed by atoms with Crippen molar-refractivity contribution in [3.8, 4) is 0 Å². The second-order valence-electron chi connectivity index (χ2n) is 5.08. The van der Waals surface area contributed by atoms with Gasteiger partial charge in [-0.1, -0.05) is 43.2 Å². The molecular weight excluding hydrogens is 194 g/mol. The molecule has 1 aromatic carbocycles. The van der Waals surface area contributed by atoms with Crippen molar-refractivity contribution in [2.75, 3.05) is 6.54 Å². The van der Waals surface area contributed by atoms with E-state index in [0.29, 0.717) is 5.92 Å². The molecule has 1 aromatic rings. The third-order valence-corrected chi connectivity index (χ3v) is 3.38. The highest BCUT2D eigenvalue weighted by atomic mass is 14.9. The van der Waals surface area contributed by atoms with Crippen LogP contribution in [0.2, 0.25) is 0 Å². The third kappa shape index (κ3) is 3.34. The Balaban J connectivity index is 1.98. The fraction of sp³-hybridized carbons (Fsp3) is 0.600. The average molecular weight is 217 g/mol. The smallest absolute Gasteiger partial charge is 0.00684 e. The minimum Gasteiger partial charge on any atom is -0.313 e.